The van der Waals surface area contributed by atoms with E-state index in [1.165, 1.54) is 32.6 Å². The van der Waals surface area contributed by atoms with Crippen molar-refractivity contribution in [3.8, 4) is 22.8 Å². The van der Waals surface area contributed by atoms with Crippen LogP contribution in [0.5, 0.6) is 0 Å². The Hall–Kier alpha value is -5.15. The molecule has 0 fully saturated rings. The van der Waals surface area contributed by atoms with Crippen molar-refractivity contribution in [3.63, 3.8) is 0 Å². The number of hydrogen-bond donors (Lipinski definition) is 0. The van der Waals surface area contributed by atoms with E-state index in [0.29, 0.717) is 0 Å². The van der Waals surface area contributed by atoms with Crippen LogP contribution in [0.1, 0.15) is 0 Å². The summed E-state index contributed by atoms with van der Waals surface area (Å²) in [6.07, 6.45) is 0. The molecule has 0 radical (unpaired) electrons. The maximum Gasteiger partial charge on any atom is 0.145 e. The second-order valence-corrected chi connectivity index (χ2v) is 9.65. The lowest BCUT2D eigenvalue weighted by atomic mass is 10.0. The highest BCUT2D eigenvalue weighted by Gasteiger charge is 2.20. The van der Waals surface area contributed by atoms with Gasteiger partial charge in [-0.1, -0.05) is 97.1 Å². The van der Waals surface area contributed by atoms with E-state index >= 15 is 0 Å². The largest absolute Gasteiger partial charge is 0.309 e. The molecular weight excluding hydrogens is 462 g/mol. The van der Waals surface area contributed by atoms with Gasteiger partial charge in [-0.2, -0.15) is 0 Å². The van der Waals surface area contributed by atoms with E-state index in [1.54, 1.807) is 0 Å². The molecule has 0 aliphatic carbocycles. The first-order chi connectivity index (χ1) is 18.9. The van der Waals surface area contributed by atoms with Crippen LogP contribution < -0.4 is 0 Å². The Morgan fingerprint density at radius 3 is 1.63 bits per heavy atom. The van der Waals surface area contributed by atoms with E-state index in [0.717, 1.165) is 33.8 Å². The van der Waals surface area contributed by atoms with Gasteiger partial charge >= 0.3 is 0 Å². The second-order valence-electron chi connectivity index (χ2n) is 9.65. The third kappa shape index (κ3) is 2.99. The fraction of sp³-hybridized carbons (Fsp3) is 0. The van der Waals surface area contributed by atoms with E-state index < -0.39 is 0 Å². The predicted molar refractivity (Wildman–Crippen MR) is 158 cm³/mol. The first kappa shape index (κ1) is 21.0. The number of fused-ring (bicyclic) bond motifs is 7. The molecule has 0 spiro atoms. The smallest absolute Gasteiger partial charge is 0.145 e. The van der Waals surface area contributed by atoms with Gasteiger partial charge in [-0.15, -0.1) is 0 Å². The Bertz CT molecular complexity index is 2100. The molecule has 0 amide bonds. The van der Waals surface area contributed by atoms with Gasteiger partial charge in [0.05, 0.1) is 22.1 Å². The SMILES string of the molecule is c1ccc(-c2nc3ccc4c(ccc5c6ccccc6n(-c6ccccc6)c45)c3n2-c2ccccc2)cc1. The van der Waals surface area contributed by atoms with Crippen LogP contribution in [-0.4, -0.2) is 14.1 Å². The average molecular weight is 486 g/mol. The highest BCUT2D eigenvalue weighted by Crippen LogP contribution is 2.40. The summed E-state index contributed by atoms with van der Waals surface area (Å²) >= 11 is 0. The maximum atomic E-state index is 5.17. The summed E-state index contributed by atoms with van der Waals surface area (Å²) in [7, 11) is 0. The zero-order chi connectivity index (χ0) is 25.1. The Kier molecular flexibility index (Phi) is 4.52. The molecule has 2 heterocycles. The highest BCUT2D eigenvalue weighted by molar-refractivity contribution is 6.22. The van der Waals surface area contributed by atoms with Crippen molar-refractivity contribution in [2.45, 2.75) is 0 Å². The van der Waals surface area contributed by atoms with E-state index in [-0.39, 0.29) is 0 Å². The van der Waals surface area contributed by atoms with Gasteiger partial charge in [0.1, 0.15) is 5.82 Å². The fourth-order valence-corrected chi connectivity index (χ4v) is 5.89. The third-order valence-corrected chi connectivity index (χ3v) is 7.50. The van der Waals surface area contributed by atoms with Crippen molar-refractivity contribution in [3.05, 3.63) is 140 Å². The molecule has 0 saturated heterocycles. The molecule has 0 aliphatic heterocycles. The minimum atomic E-state index is 0.947. The molecule has 3 heteroatoms. The summed E-state index contributed by atoms with van der Waals surface area (Å²) in [5.74, 6) is 0.947. The van der Waals surface area contributed by atoms with Crippen molar-refractivity contribution in [2.75, 3.05) is 0 Å². The molecule has 3 nitrogen and oxygen atoms in total. The first-order valence-electron chi connectivity index (χ1n) is 12.9. The van der Waals surface area contributed by atoms with E-state index in [1.807, 2.05) is 6.07 Å². The first-order valence-corrected chi connectivity index (χ1v) is 12.9. The van der Waals surface area contributed by atoms with Gasteiger partial charge in [0.25, 0.3) is 0 Å². The topological polar surface area (TPSA) is 22.8 Å². The lowest BCUT2D eigenvalue weighted by molar-refractivity contribution is 1.11. The molecule has 6 aromatic carbocycles. The van der Waals surface area contributed by atoms with Crippen molar-refractivity contribution < 1.29 is 0 Å². The van der Waals surface area contributed by atoms with Crippen molar-refractivity contribution in [2.24, 2.45) is 0 Å². The summed E-state index contributed by atoms with van der Waals surface area (Å²) in [4.78, 5) is 5.17. The average Bonchev–Trinajstić information content (AvgIpc) is 3.55. The Balaban J connectivity index is 1.57. The van der Waals surface area contributed by atoms with E-state index in [2.05, 4.69) is 143 Å². The number of hydrogen-bond acceptors (Lipinski definition) is 1. The van der Waals surface area contributed by atoms with Gasteiger partial charge in [0, 0.05) is 38.5 Å². The lowest BCUT2D eigenvalue weighted by Crippen LogP contribution is -1.98. The minimum absolute atomic E-state index is 0.947. The molecule has 0 atom stereocenters. The molecule has 38 heavy (non-hydrogen) atoms. The summed E-state index contributed by atoms with van der Waals surface area (Å²) in [6, 6.07) is 49.3. The van der Waals surface area contributed by atoms with Crippen LogP contribution in [0, 0.1) is 0 Å². The molecule has 8 rings (SSSR count). The van der Waals surface area contributed by atoms with Gasteiger partial charge in [0.15, 0.2) is 0 Å². The Morgan fingerprint density at radius 1 is 0.395 bits per heavy atom. The second kappa shape index (κ2) is 8.19. The normalized spacial score (nSPS) is 11.7. The van der Waals surface area contributed by atoms with Gasteiger partial charge in [-0.3, -0.25) is 4.57 Å². The molecule has 0 bridgehead atoms. The molecule has 2 aromatic heterocycles. The van der Waals surface area contributed by atoms with Crippen molar-refractivity contribution >= 4 is 43.6 Å². The van der Waals surface area contributed by atoms with Crippen LogP contribution in [-0.2, 0) is 0 Å². The van der Waals surface area contributed by atoms with Crippen LogP contribution in [0.2, 0.25) is 0 Å². The van der Waals surface area contributed by atoms with Gasteiger partial charge in [-0.05, 0) is 42.5 Å². The minimum Gasteiger partial charge on any atom is -0.309 e. The number of nitrogens with zero attached hydrogens (tertiary/aromatic N) is 3. The number of aromatic nitrogens is 3. The quantitative estimate of drug-likeness (QED) is 0.245. The maximum absolute atomic E-state index is 5.17. The highest BCUT2D eigenvalue weighted by atomic mass is 15.1. The predicted octanol–water partition coefficient (Wildman–Crippen LogP) is 8.94. The molecule has 8 aromatic rings. The molecule has 178 valence electrons. The van der Waals surface area contributed by atoms with Crippen LogP contribution >= 0.6 is 0 Å². The van der Waals surface area contributed by atoms with Crippen molar-refractivity contribution in [1.82, 2.24) is 14.1 Å². The molecule has 0 unspecified atom stereocenters. The number of para-hydroxylation sites is 3. The molecule has 0 aliphatic rings. The van der Waals surface area contributed by atoms with Gasteiger partial charge in [-0.25, -0.2) is 4.98 Å². The van der Waals surface area contributed by atoms with E-state index in [9.17, 15) is 0 Å². The Morgan fingerprint density at radius 2 is 0.921 bits per heavy atom. The summed E-state index contributed by atoms with van der Waals surface area (Å²) < 4.78 is 4.72. The van der Waals surface area contributed by atoms with Crippen molar-refractivity contribution in [1.29, 1.82) is 0 Å². The zero-order valence-corrected chi connectivity index (χ0v) is 20.6. The molecule has 0 N–H and O–H groups in total. The number of rotatable bonds is 3. The van der Waals surface area contributed by atoms with Crippen LogP contribution in [0.3, 0.4) is 0 Å². The van der Waals surface area contributed by atoms with Crippen LogP contribution in [0.25, 0.3) is 66.4 Å². The number of imidazole rings is 1. The monoisotopic (exact) mass is 485 g/mol. The van der Waals surface area contributed by atoms with Crippen LogP contribution in [0.4, 0.5) is 0 Å². The summed E-state index contributed by atoms with van der Waals surface area (Å²) in [5, 5.41) is 4.92. The van der Waals surface area contributed by atoms with E-state index in [4.69, 9.17) is 4.98 Å². The van der Waals surface area contributed by atoms with Crippen LogP contribution in [0.15, 0.2) is 140 Å². The third-order valence-electron chi connectivity index (χ3n) is 7.50. The molecular formula is C35H23N3. The molecule has 0 saturated carbocycles. The number of benzene rings is 6. The van der Waals surface area contributed by atoms with Gasteiger partial charge in [0.2, 0.25) is 0 Å². The zero-order valence-electron chi connectivity index (χ0n) is 20.6. The summed E-state index contributed by atoms with van der Waals surface area (Å²) in [5.41, 5.74) is 7.90. The Labute approximate surface area is 219 Å². The van der Waals surface area contributed by atoms with Gasteiger partial charge < -0.3 is 4.57 Å². The lowest BCUT2D eigenvalue weighted by Gasteiger charge is -2.13. The summed E-state index contributed by atoms with van der Waals surface area (Å²) in [6.45, 7) is 0. The standard InChI is InChI=1S/C35H23N3/c1-4-12-24(13-5-1)35-36-31-23-22-29-30(34(31)38(35)26-16-8-3-9-17-26)21-20-28-27-18-10-11-19-32(27)37(33(28)29)25-14-6-2-7-15-25/h1-23H. The fourth-order valence-electron chi connectivity index (χ4n) is 5.89.